The van der Waals surface area contributed by atoms with E-state index in [-0.39, 0.29) is 18.4 Å². The molecule has 8 heteroatoms. The molecule has 1 saturated carbocycles. The van der Waals surface area contributed by atoms with Crippen LogP contribution in [-0.4, -0.2) is 64.1 Å². The summed E-state index contributed by atoms with van der Waals surface area (Å²) in [5.41, 5.74) is 0.741. The van der Waals surface area contributed by atoms with E-state index in [1.807, 2.05) is 23.1 Å². The van der Waals surface area contributed by atoms with Gasteiger partial charge in [0.2, 0.25) is 11.8 Å². The molecule has 2 heterocycles. The molecule has 31 heavy (non-hydrogen) atoms. The van der Waals surface area contributed by atoms with Crippen LogP contribution in [0.4, 0.5) is 10.5 Å². The summed E-state index contributed by atoms with van der Waals surface area (Å²) in [4.78, 5) is 54.9. The lowest BCUT2D eigenvalue weighted by Gasteiger charge is -2.35. The topological polar surface area (TPSA) is 90.0 Å². The molecule has 1 N–H and O–H groups in total. The number of rotatable bonds is 5. The van der Waals surface area contributed by atoms with Crippen LogP contribution in [-0.2, 0) is 20.9 Å². The minimum Gasteiger partial charge on any atom is -0.338 e. The first-order valence-corrected chi connectivity index (χ1v) is 11.2. The van der Waals surface area contributed by atoms with Gasteiger partial charge in [0, 0.05) is 32.2 Å². The fourth-order valence-corrected chi connectivity index (χ4v) is 5.01. The predicted octanol–water partition coefficient (Wildman–Crippen LogP) is 2.73. The molecule has 2 aliphatic heterocycles. The molecule has 1 aromatic rings. The number of carbonyl (C=O) groups is 4. The third-order valence-corrected chi connectivity index (χ3v) is 6.79. The zero-order chi connectivity index (χ0) is 22.0. The summed E-state index contributed by atoms with van der Waals surface area (Å²) in [7, 11) is 1.66. The van der Waals surface area contributed by atoms with Gasteiger partial charge in [0.1, 0.15) is 12.1 Å². The quantitative estimate of drug-likeness (QED) is 0.733. The Balaban J connectivity index is 1.39. The predicted molar refractivity (Wildman–Crippen MR) is 115 cm³/mol. The molecule has 1 aromatic carbocycles. The van der Waals surface area contributed by atoms with E-state index < -0.39 is 17.5 Å². The van der Waals surface area contributed by atoms with Crippen LogP contribution in [0.1, 0.15) is 56.9 Å². The van der Waals surface area contributed by atoms with E-state index >= 15 is 0 Å². The highest BCUT2D eigenvalue weighted by Gasteiger charge is 2.55. The summed E-state index contributed by atoms with van der Waals surface area (Å²) in [6, 6.07) is 6.95. The molecule has 0 aromatic heterocycles. The molecule has 0 bridgehead atoms. The number of hydrogen-bond acceptors (Lipinski definition) is 4. The monoisotopic (exact) mass is 426 g/mol. The second-order valence-corrected chi connectivity index (χ2v) is 8.85. The van der Waals surface area contributed by atoms with E-state index in [0.717, 1.165) is 49.1 Å². The molecule has 3 aliphatic rings. The Morgan fingerprint density at radius 3 is 2.58 bits per heavy atom. The van der Waals surface area contributed by atoms with Gasteiger partial charge in [-0.05, 0) is 43.4 Å². The van der Waals surface area contributed by atoms with Crippen molar-refractivity contribution in [3.05, 3.63) is 29.8 Å². The lowest BCUT2D eigenvalue weighted by molar-refractivity contribution is -0.136. The minimum absolute atomic E-state index is 0.160. The van der Waals surface area contributed by atoms with Gasteiger partial charge in [-0.2, -0.15) is 0 Å². The second kappa shape index (κ2) is 8.69. The summed E-state index contributed by atoms with van der Waals surface area (Å²) in [6.45, 7) is 0.974. The van der Waals surface area contributed by atoms with Crippen LogP contribution in [0.15, 0.2) is 24.3 Å². The highest BCUT2D eigenvalue weighted by molar-refractivity contribution is 6.10. The van der Waals surface area contributed by atoms with Crippen LogP contribution >= 0.6 is 0 Å². The molecule has 0 unspecified atom stereocenters. The van der Waals surface area contributed by atoms with Gasteiger partial charge in [0.25, 0.3) is 5.91 Å². The summed E-state index contributed by atoms with van der Waals surface area (Å²) in [5, 5.41) is 2.80. The number of urea groups is 1. The number of amides is 5. The molecule has 0 atom stereocenters. The first-order valence-electron chi connectivity index (χ1n) is 11.2. The highest BCUT2D eigenvalue weighted by Crippen LogP contribution is 2.39. The van der Waals surface area contributed by atoms with E-state index in [1.165, 1.54) is 4.90 Å². The molecule has 1 spiro atoms. The number of nitrogens with zero attached hydrogens (tertiary/aromatic N) is 3. The van der Waals surface area contributed by atoms with Gasteiger partial charge in [0.15, 0.2) is 0 Å². The Labute approximate surface area is 182 Å². The standard InChI is InChI=1S/C23H30N4O4/c1-25-22(31)27(21(30)23(25)11-4-2-5-12-23)16-19(28)24-18-9-7-8-17(14-18)15-26-13-6-3-10-20(26)29/h7-9,14H,2-6,10-13,15-16H2,1H3,(H,24,28). The van der Waals surface area contributed by atoms with Crippen LogP contribution in [0.3, 0.4) is 0 Å². The van der Waals surface area contributed by atoms with Crippen LogP contribution < -0.4 is 5.32 Å². The number of likely N-dealkylation sites (N-methyl/N-ethyl adjacent to an activating group) is 1. The van der Waals surface area contributed by atoms with Gasteiger partial charge in [0.05, 0.1) is 0 Å². The summed E-state index contributed by atoms with van der Waals surface area (Å²) < 4.78 is 0. The number of carbonyl (C=O) groups excluding carboxylic acids is 4. The zero-order valence-electron chi connectivity index (χ0n) is 18.1. The van der Waals surface area contributed by atoms with E-state index in [0.29, 0.717) is 31.5 Å². The fraction of sp³-hybridized carbons (Fsp3) is 0.565. The molecule has 2 saturated heterocycles. The highest BCUT2D eigenvalue weighted by atomic mass is 16.2. The largest absolute Gasteiger partial charge is 0.338 e. The summed E-state index contributed by atoms with van der Waals surface area (Å²) in [6.07, 6.45) is 6.74. The van der Waals surface area contributed by atoms with Crippen LogP contribution in [0.25, 0.3) is 0 Å². The van der Waals surface area contributed by atoms with Gasteiger partial charge in [-0.1, -0.05) is 31.4 Å². The number of hydrogen-bond donors (Lipinski definition) is 1. The average Bonchev–Trinajstić information content (AvgIpc) is 2.92. The minimum atomic E-state index is -0.781. The maximum atomic E-state index is 13.0. The first kappa shape index (κ1) is 21.3. The van der Waals surface area contributed by atoms with E-state index in [9.17, 15) is 19.2 Å². The smallest absolute Gasteiger partial charge is 0.327 e. The molecular formula is C23H30N4O4. The Morgan fingerprint density at radius 1 is 1.06 bits per heavy atom. The number of nitrogens with one attached hydrogen (secondary N) is 1. The molecule has 4 rings (SSSR count). The number of anilines is 1. The van der Waals surface area contributed by atoms with Crippen molar-refractivity contribution in [2.45, 2.75) is 63.5 Å². The van der Waals surface area contributed by atoms with Crippen molar-refractivity contribution in [1.29, 1.82) is 0 Å². The van der Waals surface area contributed by atoms with Gasteiger partial charge >= 0.3 is 6.03 Å². The SMILES string of the molecule is CN1C(=O)N(CC(=O)Nc2cccc(CN3CCCCC3=O)c2)C(=O)C12CCCCC2. The maximum Gasteiger partial charge on any atom is 0.327 e. The molecular weight excluding hydrogens is 396 g/mol. The average molecular weight is 427 g/mol. The maximum absolute atomic E-state index is 13.0. The van der Waals surface area contributed by atoms with Crippen molar-refractivity contribution in [2.75, 3.05) is 25.5 Å². The van der Waals surface area contributed by atoms with Crippen molar-refractivity contribution in [3.63, 3.8) is 0 Å². The van der Waals surface area contributed by atoms with Gasteiger partial charge < -0.3 is 15.1 Å². The van der Waals surface area contributed by atoms with E-state index in [1.54, 1.807) is 13.1 Å². The Morgan fingerprint density at radius 2 is 1.84 bits per heavy atom. The molecule has 8 nitrogen and oxygen atoms in total. The van der Waals surface area contributed by atoms with Crippen LogP contribution in [0.5, 0.6) is 0 Å². The molecule has 5 amide bonds. The van der Waals surface area contributed by atoms with Crippen LogP contribution in [0.2, 0.25) is 0 Å². The zero-order valence-corrected chi connectivity index (χ0v) is 18.1. The summed E-state index contributed by atoms with van der Waals surface area (Å²) in [5.74, 6) is -0.506. The Kier molecular flexibility index (Phi) is 5.98. The fourth-order valence-electron chi connectivity index (χ4n) is 5.01. The van der Waals surface area contributed by atoms with Gasteiger partial charge in [-0.15, -0.1) is 0 Å². The molecule has 3 fully saturated rings. The third-order valence-electron chi connectivity index (χ3n) is 6.79. The number of imide groups is 1. The Hall–Kier alpha value is -2.90. The number of piperidine rings is 1. The van der Waals surface area contributed by atoms with Crippen molar-refractivity contribution in [3.8, 4) is 0 Å². The third kappa shape index (κ3) is 4.16. The molecule has 1 aliphatic carbocycles. The first-order chi connectivity index (χ1) is 14.9. The van der Waals surface area contributed by atoms with Crippen molar-refractivity contribution >= 4 is 29.4 Å². The molecule has 166 valence electrons. The number of likely N-dealkylation sites (tertiary alicyclic amines) is 1. The van der Waals surface area contributed by atoms with E-state index in [4.69, 9.17) is 0 Å². The van der Waals surface area contributed by atoms with Gasteiger partial charge in [-0.3, -0.25) is 19.3 Å². The van der Waals surface area contributed by atoms with Crippen molar-refractivity contribution in [1.82, 2.24) is 14.7 Å². The Bertz CT molecular complexity index is 893. The lowest BCUT2D eigenvalue weighted by atomic mass is 9.81. The normalized spacial score (nSPS) is 21.2. The van der Waals surface area contributed by atoms with Gasteiger partial charge in [-0.25, -0.2) is 4.79 Å². The van der Waals surface area contributed by atoms with Crippen molar-refractivity contribution < 1.29 is 19.2 Å². The summed E-state index contributed by atoms with van der Waals surface area (Å²) >= 11 is 0. The van der Waals surface area contributed by atoms with E-state index in [2.05, 4.69) is 5.32 Å². The molecule has 0 radical (unpaired) electrons. The number of benzene rings is 1. The van der Waals surface area contributed by atoms with Crippen LogP contribution in [0, 0.1) is 0 Å². The lowest BCUT2D eigenvalue weighted by Crippen LogP contribution is -2.49. The second-order valence-electron chi connectivity index (χ2n) is 8.85. The van der Waals surface area contributed by atoms with Crippen molar-refractivity contribution in [2.24, 2.45) is 0 Å².